The zero-order chi connectivity index (χ0) is 9.97. The van der Waals surface area contributed by atoms with Crippen LogP contribution in [-0.4, -0.2) is 19.9 Å². The second kappa shape index (κ2) is 3.57. The van der Waals surface area contributed by atoms with Gasteiger partial charge in [0.25, 0.3) is 0 Å². The molecule has 0 aromatic heterocycles. The van der Waals surface area contributed by atoms with Gasteiger partial charge in [-0.05, 0) is 6.07 Å². The van der Waals surface area contributed by atoms with Crippen LogP contribution in [0, 0.1) is 0 Å². The molecule has 0 amide bonds. The summed E-state index contributed by atoms with van der Waals surface area (Å²) in [5.74, 6) is 0.704. The molecule has 1 unspecified atom stereocenters. The molecular weight excluding hydrogens is 184 g/mol. The Labute approximate surface area is 81.4 Å². The van der Waals surface area contributed by atoms with Gasteiger partial charge in [-0.15, -0.1) is 0 Å². The first-order chi connectivity index (χ1) is 6.81. The molecule has 0 bridgehead atoms. The number of carbonyl (C=O) groups excluding carboxylic acids is 1. The van der Waals surface area contributed by atoms with Gasteiger partial charge in [-0.25, -0.2) is 4.79 Å². The van der Waals surface area contributed by atoms with Crippen molar-refractivity contribution in [1.82, 2.24) is 0 Å². The molecule has 1 aliphatic heterocycles. The van der Waals surface area contributed by atoms with E-state index in [9.17, 15) is 4.79 Å². The monoisotopic (exact) mass is 194 g/mol. The van der Waals surface area contributed by atoms with E-state index in [1.54, 1.807) is 7.11 Å². The fourth-order valence-corrected chi connectivity index (χ4v) is 1.41. The van der Waals surface area contributed by atoms with Crippen LogP contribution in [0.1, 0.15) is 11.7 Å². The van der Waals surface area contributed by atoms with Gasteiger partial charge < -0.3 is 14.2 Å². The van der Waals surface area contributed by atoms with Crippen LogP contribution in [0.2, 0.25) is 0 Å². The van der Waals surface area contributed by atoms with E-state index >= 15 is 0 Å². The second-order valence-corrected chi connectivity index (χ2v) is 2.91. The van der Waals surface area contributed by atoms with Crippen molar-refractivity contribution in [2.45, 2.75) is 6.10 Å². The standard InChI is InChI=1S/C10H10O4/c1-12-8-5-3-2-4-7(8)9-6-13-10(11)14-9/h2-5,9H,6H2,1H3. The summed E-state index contributed by atoms with van der Waals surface area (Å²) >= 11 is 0. The molecule has 1 aromatic rings. The van der Waals surface area contributed by atoms with Gasteiger partial charge >= 0.3 is 6.16 Å². The van der Waals surface area contributed by atoms with Crippen molar-refractivity contribution in [2.24, 2.45) is 0 Å². The molecule has 1 saturated heterocycles. The van der Waals surface area contributed by atoms with E-state index in [1.165, 1.54) is 0 Å². The predicted octanol–water partition coefficient (Wildman–Crippen LogP) is 1.90. The number of hydrogen-bond donors (Lipinski definition) is 0. The van der Waals surface area contributed by atoms with Crippen molar-refractivity contribution in [2.75, 3.05) is 13.7 Å². The first-order valence-corrected chi connectivity index (χ1v) is 4.27. The first-order valence-electron chi connectivity index (χ1n) is 4.27. The van der Waals surface area contributed by atoms with Crippen molar-refractivity contribution in [1.29, 1.82) is 0 Å². The molecule has 0 aliphatic carbocycles. The predicted molar refractivity (Wildman–Crippen MR) is 48.2 cm³/mol. The summed E-state index contributed by atoms with van der Waals surface area (Å²) in [6.07, 6.45) is -0.973. The molecule has 0 spiro atoms. The molecule has 1 heterocycles. The molecule has 2 rings (SSSR count). The van der Waals surface area contributed by atoms with Crippen molar-refractivity contribution in [3.63, 3.8) is 0 Å². The largest absolute Gasteiger partial charge is 0.509 e. The zero-order valence-electron chi connectivity index (χ0n) is 7.73. The van der Waals surface area contributed by atoms with Crippen molar-refractivity contribution in [3.8, 4) is 5.75 Å². The maximum absolute atomic E-state index is 10.7. The van der Waals surface area contributed by atoms with E-state index in [-0.39, 0.29) is 12.7 Å². The summed E-state index contributed by atoms with van der Waals surface area (Å²) in [4.78, 5) is 10.7. The lowest BCUT2D eigenvalue weighted by Gasteiger charge is -2.10. The van der Waals surface area contributed by atoms with Crippen LogP contribution in [0.25, 0.3) is 0 Å². The van der Waals surface area contributed by atoms with Gasteiger partial charge in [-0.3, -0.25) is 0 Å². The summed E-state index contributed by atoms with van der Waals surface area (Å²) in [7, 11) is 1.58. The minimum atomic E-state index is -0.624. The van der Waals surface area contributed by atoms with Crippen LogP contribution < -0.4 is 4.74 Å². The van der Waals surface area contributed by atoms with E-state index in [0.29, 0.717) is 5.75 Å². The van der Waals surface area contributed by atoms with Crippen LogP contribution in [-0.2, 0) is 9.47 Å². The van der Waals surface area contributed by atoms with Gasteiger partial charge in [0.05, 0.1) is 7.11 Å². The highest BCUT2D eigenvalue weighted by molar-refractivity contribution is 5.62. The quantitative estimate of drug-likeness (QED) is 0.674. The molecule has 1 atom stereocenters. The smallest absolute Gasteiger partial charge is 0.496 e. The molecular formula is C10H10O4. The number of rotatable bonds is 2. The Morgan fingerprint density at radius 2 is 2.21 bits per heavy atom. The van der Waals surface area contributed by atoms with Crippen molar-refractivity contribution in [3.05, 3.63) is 29.8 Å². The van der Waals surface area contributed by atoms with Gasteiger partial charge in [0, 0.05) is 5.56 Å². The third-order valence-corrected chi connectivity index (χ3v) is 2.08. The normalized spacial score (nSPS) is 20.1. The maximum atomic E-state index is 10.7. The first kappa shape index (κ1) is 8.87. The molecule has 4 nitrogen and oxygen atoms in total. The number of para-hydroxylation sites is 1. The lowest BCUT2D eigenvalue weighted by molar-refractivity contribution is 0.117. The summed E-state index contributed by atoms with van der Waals surface area (Å²) < 4.78 is 14.8. The van der Waals surface area contributed by atoms with Crippen LogP contribution in [0.15, 0.2) is 24.3 Å². The van der Waals surface area contributed by atoms with E-state index < -0.39 is 6.16 Å². The van der Waals surface area contributed by atoms with Crippen LogP contribution in [0.3, 0.4) is 0 Å². The summed E-state index contributed by atoms with van der Waals surface area (Å²) in [6.45, 7) is 0.249. The number of carbonyl (C=O) groups is 1. The summed E-state index contributed by atoms with van der Waals surface area (Å²) in [5, 5.41) is 0. The molecule has 1 aliphatic rings. The zero-order valence-corrected chi connectivity index (χ0v) is 7.73. The number of hydrogen-bond acceptors (Lipinski definition) is 4. The Kier molecular flexibility index (Phi) is 2.26. The third kappa shape index (κ3) is 1.51. The Bertz CT molecular complexity index is 348. The molecule has 74 valence electrons. The van der Waals surface area contributed by atoms with E-state index in [4.69, 9.17) is 14.2 Å². The minimum Gasteiger partial charge on any atom is -0.496 e. The molecule has 1 aromatic carbocycles. The minimum absolute atomic E-state index is 0.249. The van der Waals surface area contributed by atoms with Gasteiger partial charge in [0.1, 0.15) is 12.4 Å². The Morgan fingerprint density at radius 1 is 1.43 bits per heavy atom. The highest BCUT2D eigenvalue weighted by Gasteiger charge is 2.28. The Hall–Kier alpha value is -1.71. The lowest BCUT2D eigenvalue weighted by atomic mass is 10.1. The highest BCUT2D eigenvalue weighted by atomic mass is 16.8. The van der Waals surface area contributed by atoms with Crippen LogP contribution >= 0.6 is 0 Å². The lowest BCUT2D eigenvalue weighted by Crippen LogP contribution is -2.02. The topological polar surface area (TPSA) is 44.8 Å². The average Bonchev–Trinajstić information content (AvgIpc) is 2.65. The Balaban J connectivity index is 2.27. The van der Waals surface area contributed by atoms with E-state index in [0.717, 1.165) is 5.56 Å². The fraction of sp³-hybridized carbons (Fsp3) is 0.300. The number of benzene rings is 1. The van der Waals surface area contributed by atoms with E-state index in [2.05, 4.69) is 0 Å². The van der Waals surface area contributed by atoms with Gasteiger partial charge in [0.15, 0.2) is 6.10 Å². The Morgan fingerprint density at radius 3 is 2.86 bits per heavy atom. The maximum Gasteiger partial charge on any atom is 0.509 e. The second-order valence-electron chi connectivity index (χ2n) is 2.91. The summed E-state index contributed by atoms with van der Waals surface area (Å²) in [6, 6.07) is 7.40. The molecule has 14 heavy (non-hydrogen) atoms. The van der Waals surface area contributed by atoms with Crippen molar-refractivity contribution < 1.29 is 19.0 Å². The van der Waals surface area contributed by atoms with Gasteiger partial charge in [-0.2, -0.15) is 0 Å². The number of cyclic esters (lactones) is 2. The summed E-state index contributed by atoms with van der Waals surface area (Å²) in [5.41, 5.74) is 0.834. The number of ether oxygens (including phenoxy) is 3. The molecule has 1 fully saturated rings. The molecule has 0 saturated carbocycles. The molecule has 4 heteroatoms. The highest BCUT2D eigenvalue weighted by Crippen LogP contribution is 2.30. The molecule has 0 N–H and O–H groups in total. The average molecular weight is 194 g/mol. The number of methoxy groups -OCH3 is 1. The van der Waals surface area contributed by atoms with Crippen LogP contribution in [0.4, 0.5) is 4.79 Å². The fourth-order valence-electron chi connectivity index (χ4n) is 1.41. The van der Waals surface area contributed by atoms with Crippen molar-refractivity contribution >= 4 is 6.16 Å². The van der Waals surface area contributed by atoms with Crippen LogP contribution in [0.5, 0.6) is 5.75 Å². The molecule has 0 radical (unpaired) electrons. The third-order valence-electron chi connectivity index (χ3n) is 2.08. The van der Waals surface area contributed by atoms with Gasteiger partial charge in [0.2, 0.25) is 0 Å². The van der Waals surface area contributed by atoms with E-state index in [1.807, 2.05) is 24.3 Å². The van der Waals surface area contributed by atoms with Gasteiger partial charge in [-0.1, -0.05) is 18.2 Å². The SMILES string of the molecule is COc1ccccc1C1COC(=O)O1.